The molecule has 0 saturated heterocycles. The van der Waals surface area contributed by atoms with Crippen LogP contribution in [0.1, 0.15) is 99.1 Å². The van der Waals surface area contributed by atoms with Gasteiger partial charge >= 0.3 is 0 Å². The second-order valence-electron chi connectivity index (χ2n) is 14.3. The van der Waals surface area contributed by atoms with Crippen LogP contribution in [0.3, 0.4) is 0 Å². The van der Waals surface area contributed by atoms with E-state index in [1.165, 1.54) is 37.6 Å². The van der Waals surface area contributed by atoms with Crippen molar-refractivity contribution in [3.05, 3.63) is 96.0 Å². The summed E-state index contributed by atoms with van der Waals surface area (Å²) >= 11 is 1.79. The summed E-state index contributed by atoms with van der Waals surface area (Å²) in [7, 11) is 0. The van der Waals surface area contributed by atoms with E-state index in [0.717, 1.165) is 54.4 Å². The molecule has 0 aliphatic heterocycles. The average molecular weight is 854 g/mol. The summed E-state index contributed by atoms with van der Waals surface area (Å²) in [6.45, 7) is 19.4. The Morgan fingerprint density at radius 2 is 1.53 bits per heavy atom. The van der Waals surface area contributed by atoms with Crippen LogP contribution in [0.4, 0.5) is 0 Å². The van der Waals surface area contributed by atoms with Gasteiger partial charge in [-0.1, -0.05) is 104 Å². The van der Waals surface area contributed by atoms with Gasteiger partial charge in [-0.2, -0.15) is 0 Å². The monoisotopic (exact) mass is 854 g/mol. The van der Waals surface area contributed by atoms with Crippen molar-refractivity contribution in [1.29, 1.82) is 0 Å². The van der Waals surface area contributed by atoms with Crippen LogP contribution < -0.4 is 0 Å². The summed E-state index contributed by atoms with van der Waals surface area (Å²) in [6, 6.07) is 25.5. The molecule has 1 N–H and O–H groups in total. The Labute approximate surface area is 311 Å². The number of carbonyl (C=O) groups is 1. The fourth-order valence-electron chi connectivity index (χ4n) is 6.22. The van der Waals surface area contributed by atoms with Crippen molar-refractivity contribution in [3.63, 3.8) is 0 Å². The Morgan fingerprint density at radius 1 is 0.878 bits per heavy atom. The van der Waals surface area contributed by atoms with Crippen LogP contribution in [0.5, 0.6) is 0 Å². The second-order valence-corrected chi connectivity index (χ2v) is 15.3. The maximum atomic E-state index is 11.7. The number of thiophene rings is 1. The minimum atomic E-state index is 0. The van der Waals surface area contributed by atoms with Crippen LogP contribution in [0, 0.1) is 23.8 Å². The Hall–Kier alpha value is -3.18. The van der Waals surface area contributed by atoms with Crippen molar-refractivity contribution < 1.29 is 30.0 Å². The first-order chi connectivity index (χ1) is 22.9. The fraction of sp³-hybridized carbons (Fsp3) is 0.419. The number of aromatic nitrogens is 2. The number of ketones is 1. The maximum Gasteiger partial charge on any atom is 0.162 e. The summed E-state index contributed by atoms with van der Waals surface area (Å²) in [5.41, 5.74) is 5.62. The molecule has 6 heteroatoms. The summed E-state index contributed by atoms with van der Waals surface area (Å²) in [4.78, 5) is 22.1. The van der Waals surface area contributed by atoms with Gasteiger partial charge in [0.15, 0.2) is 5.78 Å². The largest absolute Gasteiger partial charge is 0.512 e. The van der Waals surface area contributed by atoms with Gasteiger partial charge in [0.25, 0.3) is 0 Å². The molecule has 4 nitrogen and oxygen atoms in total. The van der Waals surface area contributed by atoms with E-state index in [0.29, 0.717) is 5.92 Å². The van der Waals surface area contributed by atoms with Gasteiger partial charge in [0.05, 0.1) is 16.3 Å². The molecule has 1 radical (unpaired) electrons. The maximum absolute atomic E-state index is 11.7. The smallest absolute Gasteiger partial charge is 0.162 e. The first-order valence-electron chi connectivity index (χ1n) is 17.6. The van der Waals surface area contributed by atoms with E-state index in [4.69, 9.17) is 0 Å². The van der Waals surface area contributed by atoms with E-state index in [-0.39, 0.29) is 48.9 Å². The number of allylic oxidation sites excluding steroid dienone is 2. The first kappa shape index (κ1) is 40.3. The van der Waals surface area contributed by atoms with Crippen LogP contribution in [-0.2, 0) is 36.7 Å². The fourth-order valence-corrected chi connectivity index (χ4v) is 7.24. The molecular formula is C43H53IrN2O2S-. The van der Waals surface area contributed by atoms with Crippen molar-refractivity contribution >= 4 is 38.0 Å². The van der Waals surface area contributed by atoms with Crippen molar-refractivity contribution in [2.45, 2.75) is 99.8 Å². The van der Waals surface area contributed by atoms with Gasteiger partial charge in [-0.15, -0.1) is 40.5 Å². The number of aliphatic hydroxyl groups excluding tert-OH is 1. The van der Waals surface area contributed by atoms with Gasteiger partial charge in [-0.3, -0.25) is 9.78 Å². The zero-order valence-electron chi connectivity index (χ0n) is 30.7. The molecule has 0 aliphatic rings. The minimum Gasteiger partial charge on any atom is -0.512 e. The number of nitrogens with zero attached hydrogens (tertiary/aromatic N) is 2. The number of fused-ring (bicyclic) bond motifs is 2. The number of hydrogen-bond donors (Lipinski definition) is 1. The minimum absolute atomic E-state index is 0. The van der Waals surface area contributed by atoms with E-state index >= 15 is 0 Å². The molecule has 263 valence electrons. The zero-order chi connectivity index (χ0) is 35.0. The van der Waals surface area contributed by atoms with E-state index in [2.05, 4.69) is 111 Å². The third-order valence-electron chi connectivity index (χ3n) is 9.09. The molecule has 3 aromatic carbocycles. The zero-order valence-corrected chi connectivity index (χ0v) is 33.9. The Morgan fingerprint density at radius 3 is 2.16 bits per heavy atom. The summed E-state index contributed by atoms with van der Waals surface area (Å²) in [5, 5.41) is 13.4. The predicted octanol–water partition coefficient (Wildman–Crippen LogP) is 12.3. The topological polar surface area (TPSA) is 63.1 Å². The molecule has 0 unspecified atom stereocenters. The molecule has 5 rings (SSSR count). The molecule has 0 amide bonds. The van der Waals surface area contributed by atoms with Crippen LogP contribution in [0.25, 0.3) is 42.7 Å². The molecule has 5 aromatic rings. The third kappa shape index (κ3) is 10.4. The summed E-state index contributed by atoms with van der Waals surface area (Å²) in [6.07, 6.45) is 7.69. The Balaban J connectivity index is 0.000000347. The van der Waals surface area contributed by atoms with Gasteiger partial charge in [-0.25, -0.2) is 4.98 Å². The molecule has 2 heterocycles. The van der Waals surface area contributed by atoms with Gasteiger partial charge in [0, 0.05) is 48.4 Å². The second kappa shape index (κ2) is 18.2. The van der Waals surface area contributed by atoms with Crippen molar-refractivity contribution in [1.82, 2.24) is 9.97 Å². The van der Waals surface area contributed by atoms with Crippen LogP contribution in [0.15, 0.2) is 78.8 Å². The van der Waals surface area contributed by atoms with Crippen LogP contribution in [0.2, 0.25) is 0 Å². The van der Waals surface area contributed by atoms with Crippen LogP contribution >= 0.6 is 11.3 Å². The molecule has 2 aromatic heterocycles. The van der Waals surface area contributed by atoms with Gasteiger partial charge < -0.3 is 5.11 Å². The standard InChI is InChI=1S/C30H29N2S.C13H24O2.Ir/c1-19(2)12-20-10-11-28-23(13-20)16-29(33-28)27-17-26(31-18-32-27)22-14-21-8-6-7-9-24(21)25(15-22)30(3,4)5;1-5-10(6-2)12(14)9-13(15)11(7-3)8-4;/h6-11,13,15-19H,12H2,1-5H3;9-11,14H,5-8H2,1-4H3;/q-1;;/b;12-9-;. The Kier molecular flexibility index (Phi) is 14.9. The van der Waals surface area contributed by atoms with E-state index < -0.39 is 0 Å². The van der Waals surface area contributed by atoms with E-state index in [9.17, 15) is 9.90 Å². The normalized spacial score (nSPS) is 12.0. The van der Waals surface area contributed by atoms with Crippen molar-refractivity contribution in [3.8, 4) is 21.8 Å². The molecule has 0 spiro atoms. The van der Waals surface area contributed by atoms with Crippen molar-refractivity contribution in [2.24, 2.45) is 17.8 Å². The molecule has 0 atom stereocenters. The van der Waals surface area contributed by atoms with Gasteiger partial charge in [-0.05, 0) is 72.6 Å². The number of rotatable bonds is 11. The average Bonchev–Trinajstić information content (AvgIpc) is 3.49. The number of carbonyl (C=O) groups excluding carboxylic acids is 1. The third-order valence-corrected chi connectivity index (χ3v) is 10.2. The molecule has 0 bridgehead atoms. The number of benzene rings is 3. The van der Waals surface area contributed by atoms with Gasteiger partial charge in [0.1, 0.15) is 6.33 Å². The summed E-state index contributed by atoms with van der Waals surface area (Å²) < 4.78 is 1.30. The van der Waals surface area contributed by atoms with E-state index in [1.807, 2.05) is 27.7 Å². The number of hydrogen-bond acceptors (Lipinski definition) is 5. The molecule has 0 fully saturated rings. The quantitative estimate of drug-likeness (QED) is 0.0817. The first-order valence-corrected chi connectivity index (χ1v) is 18.4. The Bertz CT molecular complexity index is 1860. The number of aliphatic hydroxyl groups is 1. The molecule has 0 aliphatic carbocycles. The van der Waals surface area contributed by atoms with Crippen LogP contribution in [-0.4, -0.2) is 20.9 Å². The molecule has 0 saturated carbocycles. The predicted molar refractivity (Wildman–Crippen MR) is 206 cm³/mol. The van der Waals surface area contributed by atoms with Crippen molar-refractivity contribution in [2.75, 3.05) is 0 Å². The SMILES string of the molecule is CC(C)Cc1ccc2sc(-c3cc(-c4[c-]c5ccccc5c(C(C)(C)C)c4)ncn3)cc2c1.CCC(CC)C(=O)/C=C(\O)C(CC)CC.[Ir]. The van der Waals surface area contributed by atoms with Gasteiger partial charge in [0.2, 0.25) is 0 Å². The molecule has 49 heavy (non-hydrogen) atoms. The summed E-state index contributed by atoms with van der Waals surface area (Å²) in [5.74, 6) is 1.20. The van der Waals surface area contributed by atoms with E-state index in [1.54, 1.807) is 17.7 Å². The molecular weight excluding hydrogens is 801 g/mol.